The van der Waals surface area contributed by atoms with E-state index in [2.05, 4.69) is 5.32 Å². The molecule has 1 atom stereocenters. The van der Waals surface area contributed by atoms with Crippen LogP contribution in [0.3, 0.4) is 0 Å². The molecule has 1 aromatic rings. The Kier molecular flexibility index (Phi) is 5.15. The normalized spacial score (nSPS) is 21.4. The average Bonchev–Trinajstić information content (AvgIpc) is 3.38. The molecule has 8 heteroatoms. The van der Waals surface area contributed by atoms with E-state index in [1.54, 1.807) is 18.2 Å². The maximum Gasteiger partial charge on any atom is 0.243 e. The van der Waals surface area contributed by atoms with Gasteiger partial charge in [0.2, 0.25) is 15.9 Å². The summed E-state index contributed by atoms with van der Waals surface area (Å²) in [6.07, 6.45) is 2.12. The van der Waals surface area contributed by atoms with Crippen molar-refractivity contribution in [1.82, 2.24) is 14.5 Å². The summed E-state index contributed by atoms with van der Waals surface area (Å²) >= 11 is 5.90. The number of nitrogens with one attached hydrogen (secondary N) is 1. The van der Waals surface area contributed by atoms with Gasteiger partial charge in [0.1, 0.15) is 0 Å². The third kappa shape index (κ3) is 3.91. The Hall–Kier alpha value is -1.15. The molecule has 132 valence electrons. The third-order valence-corrected chi connectivity index (χ3v) is 6.69. The van der Waals surface area contributed by atoms with Crippen molar-refractivity contribution in [3.8, 4) is 0 Å². The quantitative estimate of drug-likeness (QED) is 0.847. The maximum atomic E-state index is 12.7. The monoisotopic (exact) mass is 371 g/mol. The fourth-order valence-corrected chi connectivity index (χ4v) is 4.55. The smallest absolute Gasteiger partial charge is 0.243 e. The first-order valence-electron chi connectivity index (χ1n) is 8.18. The van der Waals surface area contributed by atoms with E-state index in [1.807, 2.05) is 11.8 Å². The van der Waals surface area contributed by atoms with Crippen LogP contribution < -0.4 is 5.32 Å². The van der Waals surface area contributed by atoms with Gasteiger partial charge in [0.05, 0.1) is 10.9 Å². The minimum atomic E-state index is -3.54. The molecule has 24 heavy (non-hydrogen) atoms. The Labute approximate surface area is 147 Å². The van der Waals surface area contributed by atoms with Crippen molar-refractivity contribution in [2.45, 2.75) is 36.7 Å². The lowest BCUT2D eigenvalue weighted by atomic mass is 10.2. The lowest BCUT2D eigenvalue weighted by Crippen LogP contribution is -2.55. The van der Waals surface area contributed by atoms with Crippen LogP contribution in [-0.4, -0.2) is 61.8 Å². The lowest BCUT2D eigenvalue weighted by Gasteiger charge is -2.36. The average molecular weight is 372 g/mol. The lowest BCUT2D eigenvalue weighted by molar-refractivity contribution is -0.126. The van der Waals surface area contributed by atoms with Crippen LogP contribution in [0, 0.1) is 0 Å². The molecule has 1 amide bonds. The van der Waals surface area contributed by atoms with Gasteiger partial charge in [-0.25, -0.2) is 8.42 Å². The van der Waals surface area contributed by atoms with Gasteiger partial charge in [-0.3, -0.25) is 9.69 Å². The van der Waals surface area contributed by atoms with Gasteiger partial charge in [0.25, 0.3) is 0 Å². The van der Waals surface area contributed by atoms with Gasteiger partial charge in [0, 0.05) is 37.2 Å². The molecular formula is C16H22ClN3O3S. The molecule has 1 aliphatic heterocycles. The number of carbonyl (C=O) groups is 1. The Morgan fingerprint density at radius 1 is 1.25 bits per heavy atom. The van der Waals surface area contributed by atoms with E-state index in [0.29, 0.717) is 37.2 Å². The second kappa shape index (κ2) is 7.00. The summed E-state index contributed by atoms with van der Waals surface area (Å²) in [5.74, 6) is 0.0312. The molecule has 3 rings (SSSR count). The minimum absolute atomic E-state index is 0.0312. The van der Waals surface area contributed by atoms with E-state index in [-0.39, 0.29) is 16.8 Å². The van der Waals surface area contributed by atoms with Crippen molar-refractivity contribution in [1.29, 1.82) is 0 Å². The van der Waals surface area contributed by atoms with Gasteiger partial charge in [-0.05, 0) is 38.0 Å². The van der Waals surface area contributed by atoms with E-state index in [1.165, 1.54) is 10.4 Å². The van der Waals surface area contributed by atoms with Crippen LogP contribution in [0.2, 0.25) is 5.02 Å². The fraction of sp³-hybridized carbons (Fsp3) is 0.562. The molecule has 0 unspecified atom stereocenters. The summed E-state index contributed by atoms with van der Waals surface area (Å²) in [6, 6.07) is 6.41. The molecule has 2 aliphatic rings. The zero-order valence-electron chi connectivity index (χ0n) is 13.6. The van der Waals surface area contributed by atoms with Crippen molar-refractivity contribution < 1.29 is 13.2 Å². The Balaban J connectivity index is 1.60. The molecule has 1 heterocycles. The molecule has 1 saturated heterocycles. The topological polar surface area (TPSA) is 69.7 Å². The van der Waals surface area contributed by atoms with Crippen LogP contribution in [0.5, 0.6) is 0 Å². The molecule has 6 nitrogen and oxygen atoms in total. The first kappa shape index (κ1) is 17.7. The van der Waals surface area contributed by atoms with Gasteiger partial charge in [-0.1, -0.05) is 17.7 Å². The van der Waals surface area contributed by atoms with Crippen LogP contribution >= 0.6 is 11.6 Å². The van der Waals surface area contributed by atoms with Crippen molar-refractivity contribution >= 4 is 27.5 Å². The Bertz CT molecular complexity index is 713. The number of hydrogen-bond acceptors (Lipinski definition) is 4. The van der Waals surface area contributed by atoms with Gasteiger partial charge in [-0.2, -0.15) is 4.31 Å². The maximum absolute atomic E-state index is 12.7. The Morgan fingerprint density at radius 2 is 1.92 bits per heavy atom. The van der Waals surface area contributed by atoms with Crippen LogP contribution in [0.4, 0.5) is 0 Å². The number of carbonyl (C=O) groups excluding carboxylic acids is 1. The number of hydrogen-bond donors (Lipinski definition) is 1. The predicted octanol–water partition coefficient (Wildman–Crippen LogP) is 1.31. The largest absolute Gasteiger partial charge is 0.352 e. The van der Waals surface area contributed by atoms with Gasteiger partial charge < -0.3 is 5.32 Å². The molecular weight excluding hydrogens is 350 g/mol. The summed E-state index contributed by atoms with van der Waals surface area (Å²) in [4.78, 5) is 14.4. The van der Waals surface area contributed by atoms with Gasteiger partial charge >= 0.3 is 0 Å². The Morgan fingerprint density at radius 3 is 2.50 bits per heavy atom. The molecule has 0 aromatic heterocycles. The van der Waals surface area contributed by atoms with Gasteiger partial charge in [-0.15, -0.1) is 0 Å². The van der Waals surface area contributed by atoms with E-state index in [4.69, 9.17) is 11.6 Å². The number of rotatable bonds is 5. The zero-order valence-corrected chi connectivity index (χ0v) is 15.2. The van der Waals surface area contributed by atoms with Crippen molar-refractivity contribution in [3.63, 3.8) is 0 Å². The van der Waals surface area contributed by atoms with E-state index in [9.17, 15) is 13.2 Å². The molecule has 0 spiro atoms. The highest BCUT2D eigenvalue weighted by Gasteiger charge is 2.33. The van der Waals surface area contributed by atoms with Crippen LogP contribution in [0.25, 0.3) is 0 Å². The molecule has 1 aliphatic carbocycles. The van der Waals surface area contributed by atoms with E-state index >= 15 is 0 Å². The molecule has 0 bridgehead atoms. The molecule has 1 N–H and O–H groups in total. The second-order valence-corrected chi connectivity index (χ2v) is 8.73. The molecule has 0 radical (unpaired) electrons. The third-order valence-electron chi connectivity index (χ3n) is 4.56. The molecule has 1 saturated carbocycles. The van der Waals surface area contributed by atoms with Crippen molar-refractivity contribution in [2.75, 3.05) is 26.2 Å². The van der Waals surface area contributed by atoms with Crippen molar-refractivity contribution in [2.24, 2.45) is 0 Å². The van der Waals surface area contributed by atoms with Gasteiger partial charge in [0.15, 0.2) is 0 Å². The highest BCUT2D eigenvalue weighted by molar-refractivity contribution is 7.89. The number of amides is 1. The summed E-state index contributed by atoms with van der Waals surface area (Å²) in [6.45, 7) is 3.70. The molecule has 1 aromatic carbocycles. The first-order chi connectivity index (χ1) is 11.4. The summed E-state index contributed by atoms with van der Waals surface area (Å²) in [7, 11) is -3.54. The number of piperazine rings is 1. The van der Waals surface area contributed by atoms with Crippen LogP contribution in [-0.2, 0) is 14.8 Å². The summed E-state index contributed by atoms with van der Waals surface area (Å²) in [5.41, 5.74) is 0. The van der Waals surface area contributed by atoms with Crippen LogP contribution in [0.1, 0.15) is 19.8 Å². The summed E-state index contributed by atoms with van der Waals surface area (Å²) in [5, 5.41) is 3.40. The summed E-state index contributed by atoms with van der Waals surface area (Å²) < 4.78 is 26.8. The standard InChI is InChI=1S/C16H22ClN3O3S/c1-12(16(21)18-14-5-6-14)19-7-9-20(10-8-19)24(22,23)15-4-2-3-13(17)11-15/h2-4,11-12,14H,5-10H2,1H3,(H,18,21)/t12-/m0/s1. The van der Waals surface area contributed by atoms with Crippen LogP contribution in [0.15, 0.2) is 29.2 Å². The molecule has 2 fully saturated rings. The second-order valence-electron chi connectivity index (χ2n) is 6.36. The number of halogens is 1. The first-order valence-corrected chi connectivity index (χ1v) is 10.00. The van der Waals surface area contributed by atoms with E-state index < -0.39 is 10.0 Å². The zero-order chi connectivity index (χ0) is 17.3. The highest BCUT2D eigenvalue weighted by atomic mass is 35.5. The van der Waals surface area contributed by atoms with Crippen molar-refractivity contribution in [3.05, 3.63) is 29.3 Å². The minimum Gasteiger partial charge on any atom is -0.352 e. The highest BCUT2D eigenvalue weighted by Crippen LogP contribution is 2.22. The number of sulfonamides is 1. The number of nitrogens with zero attached hydrogens (tertiary/aromatic N) is 2. The number of benzene rings is 1. The SMILES string of the molecule is C[C@@H](C(=O)NC1CC1)N1CCN(S(=O)(=O)c2cccc(Cl)c2)CC1. The van der Waals surface area contributed by atoms with E-state index in [0.717, 1.165) is 12.8 Å². The predicted molar refractivity (Wildman–Crippen MR) is 92.4 cm³/mol. The fourth-order valence-electron chi connectivity index (χ4n) is 2.82.